The number of carboxylic acid groups (broad SMARTS) is 1. The van der Waals surface area contributed by atoms with E-state index in [1.807, 2.05) is 6.07 Å². The van der Waals surface area contributed by atoms with Gasteiger partial charge in [0.25, 0.3) is 0 Å². The maximum absolute atomic E-state index is 12.3. The second-order valence-corrected chi connectivity index (χ2v) is 6.29. The van der Waals surface area contributed by atoms with Crippen LogP contribution in [0, 0.1) is 24.2 Å². The number of aliphatic carboxylic acids is 1. The number of carbonyl (C=O) groups is 2. The van der Waals surface area contributed by atoms with E-state index in [0.717, 1.165) is 5.69 Å². The van der Waals surface area contributed by atoms with Gasteiger partial charge >= 0.3 is 5.97 Å². The van der Waals surface area contributed by atoms with E-state index in [0.29, 0.717) is 11.5 Å². The number of hydrogen-bond donors (Lipinski definition) is 2. The molecule has 2 atom stereocenters. The third-order valence-corrected chi connectivity index (χ3v) is 4.36. The maximum Gasteiger partial charge on any atom is 0.307 e. The lowest BCUT2D eigenvalue weighted by Crippen LogP contribution is -2.18. The van der Waals surface area contributed by atoms with Crippen molar-refractivity contribution in [2.45, 2.75) is 20.8 Å². The summed E-state index contributed by atoms with van der Waals surface area (Å²) in [5, 5.41) is 23.2. The van der Waals surface area contributed by atoms with Crippen molar-refractivity contribution in [2.75, 3.05) is 5.32 Å². The molecule has 2 N–H and O–H groups in total. The van der Waals surface area contributed by atoms with Gasteiger partial charge in [-0.1, -0.05) is 19.9 Å². The Morgan fingerprint density at radius 3 is 2.61 bits per heavy atom. The number of aromatic nitrogens is 4. The molecule has 1 aromatic heterocycles. The smallest absolute Gasteiger partial charge is 0.307 e. The Morgan fingerprint density at radius 1 is 1.30 bits per heavy atom. The predicted molar refractivity (Wildman–Crippen MR) is 80.9 cm³/mol. The second kappa shape index (κ2) is 5.15. The van der Waals surface area contributed by atoms with Crippen molar-refractivity contribution in [3.05, 3.63) is 30.1 Å². The number of carbonyl (C=O) groups excluding carboxylic acids is 1. The summed E-state index contributed by atoms with van der Waals surface area (Å²) in [6, 6.07) is 7.08. The first-order chi connectivity index (χ1) is 10.8. The second-order valence-electron chi connectivity index (χ2n) is 6.29. The first-order valence-electron chi connectivity index (χ1n) is 7.21. The van der Waals surface area contributed by atoms with Crippen molar-refractivity contribution in [3.8, 4) is 5.69 Å². The van der Waals surface area contributed by atoms with Gasteiger partial charge < -0.3 is 10.4 Å². The summed E-state index contributed by atoms with van der Waals surface area (Å²) in [5.74, 6) is -1.77. The van der Waals surface area contributed by atoms with Gasteiger partial charge in [-0.3, -0.25) is 9.59 Å². The number of rotatable bonds is 4. The zero-order valence-electron chi connectivity index (χ0n) is 13.0. The standard InChI is InChI=1S/C15H17N5O3/c1-8-17-18-19-20(8)10-6-4-5-9(7-10)16-13(21)11-12(14(22)23)15(11,2)3/h4-7,11-12H,1-3H3,(H,16,21)(H,22,23)/t11-,12+/m0/s1. The van der Waals surface area contributed by atoms with E-state index >= 15 is 0 Å². The minimum Gasteiger partial charge on any atom is -0.481 e. The van der Waals surface area contributed by atoms with Gasteiger partial charge in [-0.05, 0) is 41.0 Å². The Bertz CT molecular complexity index is 783. The average molecular weight is 315 g/mol. The number of nitrogens with one attached hydrogen (secondary N) is 1. The van der Waals surface area contributed by atoms with Gasteiger partial charge in [-0.15, -0.1) is 5.10 Å². The number of benzene rings is 1. The molecule has 0 saturated heterocycles. The van der Waals surface area contributed by atoms with Crippen LogP contribution in [0.5, 0.6) is 0 Å². The van der Waals surface area contributed by atoms with Crippen LogP contribution in [0.1, 0.15) is 19.7 Å². The number of carboxylic acids is 1. The molecule has 2 aromatic rings. The van der Waals surface area contributed by atoms with E-state index < -0.39 is 23.2 Å². The summed E-state index contributed by atoms with van der Waals surface area (Å²) in [6.07, 6.45) is 0. The van der Waals surface area contributed by atoms with Gasteiger partial charge in [-0.25, -0.2) is 0 Å². The van der Waals surface area contributed by atoms with Crippen molar-refractivity contribution < 1.29 is 14.7 Å². The van der Waals surface area contributed by atoms with Gasteiger partial charge in [0.05, 0.1) is 17.5 Å². The highest BCUT2D eigenvalue weighted by Gasteiger charge is 2.65. The third kappa shape index (κ3) is 2.56. The highest BCUT2D eigenvalue weighted by atomic mass is 16.4. The summed E-state index contributed by atoms with van der Waals surface area (Å²) in [6.45, 7) is 5.35. The van der Waals surface area contributed by atoms with Crippen molar-refractivity contribution >= 4 is 17.6 Å². The fraction of sp³-hybridized carbons (Fsp3) is 0.400. The highest BCUT2D eigenvalue weighted by Crippen LogP contribution is 2.58. The summed E-state index contributed by atoms with van der Waals surface area (Å²) >= 11 is 0. The van der Waals surface area contributed by atoms with Crippen LogP contribution in [0.4, 0.5) is 5.69 Å². The van der Waals surface area contributed by atoms with E-state index in [1.54, 1.807) is 43.7 Å². The Balaban J connectivity index is 1.78. The molecular weight excluding hydrogens is 298 g/mol. The first-order valence-corrected chi connectivity index (χ1v) is 7.21. The van der Waals surface area contributed by atoms with Crippen LogP contribution in [-0.4, -0.2) is 37.2 Å². The van der Waals surface area contributed by atoms with Gasteiger partial charge in [0.15, 0.2) is 5.82 Å². The molecule has 0 unspecified atom stereocenters. The Hall–Kier alpha value is -2.77. The van der Waals surface area contributed by atoms with E-state index in [2.05, 4.69) is 20.8 Å². The number of anilines is 1. The number of aryl methyl sites for hydroxylation is 1. The maximum atomic E-state index is 12.3. The SMILES string of the molecule is Cc1nnnn1-c1cccc(NC(=O)[C@@H]2[C@H](C(=O)O)C2(C)C)c1. The molecule has 0 spiro atoms. The number of hydrogen-bond acceptors (Lipinski definition) is 5. The average Bonchev–Trinajstić information content (AvgIpc) is 2.83. The van der Waals surface area contributed by atoms with E-state index in [-0.39, 0.29) is 5.91 Å². The fourth-order valence-corrected chi connectivity index (χ4v) is 2.99. The molecule has 1 saturated carbocycles. The summed E-state index contributed by atoms with van der Waals surface area (Å²) < 4.78 is 1.55. The monoisotopic (exact) mass is 315 g/mol. The Kier molecular flexibility index (Phi) is 3.39. The molecule has 1 aromatic carbocycles. The minimum absolute atomic E-state index is 0.284. The molecule has 1 fully saturated rings. The third-order valence-electron chi connectivity index (χ3n) is 4.36. The number of nitrogens with zero attached hydrogens (tertiary/aromatic N) is 4. The molecule has 3 rings (SSSR count). The van der Waals surface area contributed by atoms with Crippen LogP contribution in [-0.2, 0) is 9.59 Å². The summed E-state index contributed by atoms with van der Waals surface area (Å²) in [7, 11) is 0. The van der Waals surface area contributed by atoms with Gasteiger partial charge in [0.1, 0.15) is 0 Å². The van der Waals surface area contributed by atoms with E-state index in [9.17, 15) is 9.59 Å². The fourth-order valence-electron chi connectivity index (χ4n) is 2.99. The van der Waals surface area contributed by atoms with Gasteiger partial charge in [0.2, 0.25) is 5.91 Å². The normalized spacial score (nSPS) is 21.7. The van der Waals surface area contributed by atoms with E-state index in [1.165, 1.54) is 0 Å². The summed E-state index contributed by atoms with van der Waals surface area (Å²) in [4.78, 5) is 23.5. The lowest BCUT2D eigenvalue weighted by molar-refractivity contribution is -0.140. The predicted octanol–water partition coefficient (Wildman–Crippen LogP) is 1.27. The van der Waals surface area contributed by atoms with Crippen molar-refractivity contribution in [1.82, 2.24) is 20.2 Å². The van der Waals surface area contributed by atoms with E-state index in [4.69, 9.17) is 5.11 Å². The molecule has 1 aliphatic rings. The van der Waals surface area contributed by atoms with Crippen LogP contribution in [0.2, 0.25) is 0 Å². The molecule has 0 bridgehead atoms. The van der Waals surface area contributed by atoms with Crippen molar-refractivity contribution in [3.63, 3.8) is 0 Å². The van der Waals surface area contributed by atoms with Crippen LogP contribution in [0.15, 0.2) is 24.3 Å². The Morgan fingerprint density at radius 2 is 2.04 bits per heavy atom. The quantitative estimate of drug-likeness (QED) is 0.879. The highest BCUT2D eigenvalue weighted by molar-refractivity contribution is 5.99. The number of tetrazole rings is 1. The van der Waals surface area contributed by atoms with Crippen LogP contribution >= 0.6 is 0 Å². The van der Waals surface area contributed by atoms with Crippen LogP contribution in [0.3, 0.4) is 0 Å². The molecule has 1 aliphatic carbocycles. The zero-order valence-corrected chi connectivity index (χ0v) is 13.0. The molecule has 0 radical (unpaired) electrons. The van der Waals surface area contributed by atoms with Crippen molar-refractivity contribution in [2.24, 2.45) is 17.3 Å². The molecule has 8 nitrogen and oxygen atoms in total. The largest absolute Gasteiger partial charge is 0.481 e. The summed E-state index contributed by atoms with van der Waals surface area (Å²) in [5.41, 5.74) is 0.768. The Labute approximate surface area is 132 Å². The van der Waals surface area contributed by atoms with Crippen LogP contribution in [0.25, 0.3) is 5.69 Å². The van der Waals surface area contributed by atoms with Gasteiger partial charge in [0, 0.05) is 5.69 Å². The molecule has 120 valence electrons. The van der Waals surface area contributed by atoms with Crippen LogP contribution < -0.4 is 5.32 Å². The molecule has 1 amide bonds. The molecule has 23 heavy (non-hydrogen) atoms. The molecule has 0 aliphatic heterocycles. The number of amides is 1. The minimum atomic E-state index is -0.937. The zero-order chi connectivity index (χ0) is 16.8. The lowest BCUT2D eigenvalue weighted by Gasteiger charge is -2.08. The van der Waals surface area contributed by atoms with Crippen molar-refractivity contribution in [1.29, 1.82) is 0 Å². The molecule has 1 heterocycles. The topological polar surface area (TPSA) is 110 Å². The molecule has 8 heteroatoms. The molecular formula is C15H17N5O3. The van der Waals surface area contributed by atoms with Gasteiger partial charge in [-0.2, -0.15) is 4.68 Å². The lowest BCUT2D eigenvalue weighted by atomic mass is 10.1. The first kappa shape index (κ1) is 15.1.